The Kier molecular flexibility index (Phi) is 4.12. The maximum atomic E-state index is 13.2. The number of hydrogen-bond donors (Lipinski definition) is 0. The number of rotatable bonds is 2. The second-order valence-corrected chi connectivity index (χ2v) is 6.88. The predicted octanol–water partition coefficient (Wildman–Crippen LogP) is 4.05. The molecule has 0 saturated carbocycles. The Morgan fingerprint density at radius 3 is 2.68 bits per heavy atom. The third kappa shape index (κ3) is 2.97. The SMILES string of the molecule is Cc1ccc(C)c(C(=O)N2CCCC2c2ccc3c(c2)OCCO3)c1. The molecular weight excluding hydrogens is 314 g/mol. The lowest BCUT2D eigenvalue weighted by atomic mass is 10.0. The minimum Gasteiger partial charge on any atom is -0.486 e. The first-order valence-electron chi connectivity index (χ1n) is 8.91. The van der Waals surface area contributed by atoms with E-state index < -0.39 is 0 Å². The summed E-state index contributed by atoms with van der Waals surface area (Å²) >= 11 is 0. The van der Waals surface area contributed by atoms with Gasteiger partial charge in [0.05, 0.1) is 6.04 Å². The van der Waals surface area contributed by atoms with E-state index in [0.29, 0.717) is 13.2 Å². The summed E-state index contributed by atoms with van der Waals surface area (Å²) < 4.78 is 11.3. The molecule has 1 amide bonds. The maximum absolute atomic E-state index is 13.2. The average Bonchev–Trinajstić information content (AvgIpc) is 3.12. The van der Waals surface area contributed by atoms with Crippen LogP contribution in [0.2, 0.25) is 0 Å². The van der Waals surface area contributed by atoms with Crippen molar-refractivity contribution in [3.63, 3.8) is 0 Å². The molecule has 2 aromatic rings. The van der Waals surface area contributed by atoms with Gasteiger partial charge in [0, 0.05) is 12.1 Å². The molecule has 0 radical (unpaired) electrons. The average molecular weight is 337 g/mol. The van der Waals surface area contributed by atoms with Crippen LogP contribution in [0.15, 0.2) is 36.4 Å². The van der Waals surface area contributed by atoms with Crippen molar-refractivity contribution >= 4 is 5.91 Å². The Labute approximate surface area is 148 Å². The number of likely N-dealkylation sites (tertiary alicyclic amines) is 1. The molecule has 130 valence electrons. The van der Waals surface area contributed by atoms with Crippen molar-refractivity contribution < 1.29 is 14.3 Å². The Balaban J connectivity index is 1.64. The summed E-state index contributed by atoms with van der Waals surface area (Å²) in [5.41, 5.74) is 4.08. The van der Waals surface area contributed by atoms with Crippen LogP contribution in [0.25, 0.3) is 0 Å². The van der Waals surface area contributed by atoms with Crippen LogP contribution >= 0.6 is 0 Å². The molecule has 0 N–H and O–H groups in total. The van der Waals surface area contributed by atoms with Crippen molar-refractivity contribution in [3.05, 3.63) is 58.7 Å². The van der Waals surface area contributed by atoms with Gasteiger partial charge in [-0.1, -0.05) is 23.8 Å². The number of ether oxygens (including phenoxy) is 2. The first-order valence-corrected chi connectivity index (χ1v) is 8.91. The summed E-state index contributed by atoms with van der Waals surface area (Å²) in [6.07, 6.45) is 2.01. The standard InChI is InChI=1S/C21H23NO3/c1-14-5-6-15(2)17(12-14)21(23)22-9-3-4-18(22)16-7-8-19-20(13-16)25-11-10-24-19/h5-8,12-13,18H,3-4,9-11H2,1-2H3. The Morgan fingerprint density at radius 2 is 1.84 bits per heavy atom. The normalized spacial score (nSPS) is 19.1. The largest absolute Gasteiger partial charge is 0.486 e. The molecule has 2 heterocycles. The summed E-state index contributed by atoms with van der Waals surface area (Å²) in [6.45, 7) is 5.99. The van der Waals surface area contributed by atoms with Gasteiger partial charge in [-0.3, -0.25) is 4.79 Å². The van der Waals surface area contributed by atoms with E-state index in [-0.39, 0.29) is 11.9 Å². The molecular formula is C21H23NO3. The highest BCUT2D eigenvalue weighted by Gasteiger charge is 2.32. The number of hydrogen-bond acceptors (Lipinski definition) is 3. The third-order valence-electron chi connectivity index (χ3n) is 5.09. The van der Waals surface area contributed by atoms with E-state index in [2.05, 4.69) is 6.07 Å². The van der Waals surface area contributed by atoms with Gasteiger partial charge in [-0.2, -0.15) is 0 Å². The van der Waals surface area contributed by atoms with E-state index in [4.69, 9.17) is 9.47 Å². The van der Waals surface area contributed by atoms with Gasteiger partial charge in [-0.15, -0.1) is 0 Å². The number of amides is 1. The zero-order valence-electron chi connectivity index (χ0n) is 14.7. The van der Waals surface area contributed by atoms with Gasteiger partial charge in [0.25, 0.3) is 5.91 Å². The van der Waals surface area contributed by atoms with Crippen LogP contribution in [0, 0.1) is 13.8 Å². The monoisotopic (exact) mass is 337 g/mol. The van der Waals surface area contributed by atoms with Gasteiger partial charge in [0.15, 0.2) is 11.5 Å². The molecule has 4 rings (SSSR count). The van der Waals surface area contributed by atoms with Crippen LogP contribution in [0.4, 0.5) is 0 Å². The molecule has 2 aliphatic heterocycles. The number of benzene rings is 2. The smallest absolute Gasteiger partial charge is 0.254 e. The van der Waals surface area contributed by atoms with E-state index in [0.717, 1.165) is 53.1 Å². The predicted molar refractivity (Wildman–Crippen MR) is 96.4 cm³/mol. The molecule has 25 heavy (non-hydrogen) atoms. The van der Waals surface area contributed by atoms with Gasteiger partial charge >= 0.3 is 0 Å². The molecule has 1 unspecified atom stereocenters. The molecule has 1 fully saturated rings. The number of fused-ring (bicyclic) bond motifs is 1. The van der Waals surface area contributed by atoms with E-state index in [1.807, 2.05) is 49.1 Å². The lowest BCUT2D eigenvalue weighted by molar-refractivity contribution is 0.0734. The van der Waals surface area contributed by atoms with Gasteiger partial charge in [-0.05, 0) is 56.0 Å². The van der Waals surface area contributed by atoms with Crippen molar-refractivity contribution in [2.24, 2.45) is 0 Å². The fourth-order valence-electron chi connectivity index (χ4n) is 3.74. The Morgan fingerprint density at radius 1 is 1.04 bits per heavy atom. The van der Waals surface area contributed by atoms with E-state index in [1.165, 1.54) is 0 Å². The number of carbonyl (C=O) groups is 1. The van der Waals surface area contributed by atoms with Crippen LogP contribution in [0.5, 0.6) is 11.5 Å². The zero-order chi connectivity index (χ0) is 17.4. The molecule has 2 aliphatic rings. The summed E-state index contributed by atoms with van der Waals surface area (Å²) in [5, 5.41) is 0. The third-order valence-corrected chi connectivity index (χ3v) is 5.09. The van der Waals surface area contributed by atoms with Crippen LogP contribution in [0.1, 0.15) is 45.9 Å². The van der Waals surface area contributed by atoms with E-state index >= 15 is 0 Å². The molecule has 0 aromatic heterocycles. The molecule has 0 aliphatic carbocycles. The van der Waals surface area contributed by atoms with Crippen LogP contribution in [-0.4, -0.2) is 30.6 Å². The molecule has 0 bridgehead atoms. The topological polar surface area (TPSA) is 38.8 Å². The number of aryl methyl sites for hydroxylation is 2. The fourth-order valence-corrected chi connectivity index (χ4v) is 3.74. The Hall–Kier alpha value is -2.49. The molecule has 4 nitrogen and oxygen atoms in total. The molecule has 2 aromatic carbocycles. The molecule has 4 heteroatoms. The number of nitrogens with zero attached hydrogens (tertiary/aromatic N) is 1. The van der Waals surface area contributed by atoms with Crippen molar-refractivity contribution in [3.8, 4) is 11.5 Å². The molecule has 0 spiro atoms. The summed E-state index contributed by atoms with van der Waals surface area (Å²) in [6, 6.07) is 12.2. The quantitative estimate of drug-likeness (QED) is 0.830. The van der Waals surface area contributed by atoms with Crippen LogP contribution < -0.4 is 9.47 Å². The van der Waals surface area contributed by atoms with Gasteiger partial charge in [-0.25, -0.2) is 0 Å². The first kappa shape index (κ1) is 16.0. The van der Waals surface area contributed by atoms with Crippen molar-refractivity contribution in [2.45, 2.75) is 32.7 Å². The highest BCUT2D eigenvalue weighted by Crippen LogP contribution is 2.38. The lowest BCUT2D eigenvalue weighted by Crippen LogP contribution is -2.31. The minimum absolute atomic E-state index is 0.100. The van der Waals surface area contributed by atoms with Gasteiger partial charge < -0.3 is 14.4 Å². The second-order valence-electron chi connectivity index (χ2n) is 6.88. The minimum atomic E-state index is 0.100. The zero-order valence-corrected chi connectivity index (χ0v) is 14.7. The summed E-state index contributed by atoms with van der Waals surface area (Å²) in [7, 11) is 0. The van der Waals surface area contributed by atoms with Gasteiger partial charge in [0.2, 0.25) is 0 Å². The number of carbonyl (C=O) groups excluding carboxylic acids is 1. The second kappa shape index (κ2) is 6.43. The van der Waals surface area contributed by atoms with Crippen molar-refractivity contribution in [2.75, 3.05) is 19.8 Å². The van der Waals surface area contributed by atoms with Crippen molar-refractivity contribution in [1.29, 1.82) is 0 Å². The van der Waals surface area contributed by atoms with E-state index in [1.54, 1.807) is 0 Å². The molecule has 1 saturated heterocycles. The highest BCUT2D eigenvalue weighted by atomic mass is 16.6. The van der Waals surface area contributed by atoms with Crippen molar-refractivity contribution in [1.82, 2.24) is 4.90 Å². The van der Waals surface area contributed by atoms with Crippen LogP contribution in [0.3, 0.4) is 0 Å². The van der Waals surface area contributed by atoms with Gasteiger partial charge in [0.1, 0.15) is 13.2 Å². The summed E-state index contributed by atoms with van der Waals surface area (Å²) in [5.74, 6) is 1.70. The molecule has 1 atom stereocenters. The van der Waals surface area contributed by atoms with Crippen LogP contribution in [-0.2, 0) is 0 Å². The maximum Gasteiger partial charge on any atom is 0.254 e. The van der Waals surface area contributed by atoms with E-state index in [9.17, 15) is 4.79 Å². The summed E-state index contributed by atoms with van der Waals surface area (Å²) in [4.78, 5) is 15.2. The first-order chi connectivity index (χ1) is 12.1. The fraction of sp³-hybridized carbons (Fsp3) is 0.381. The lowest BCUT2D eigenvalue weighted by Gasteiger charge is -2.27. The Bertz CT molecular complexity index is 815. The highest BCUT2D eigenvalue weighted by molar-refractivity contribution is 5.96.